The normalized spacial score (nSPS) is 12.6. The first kappa shape index (κ1) is 19.4. The van der Waals surface area contributed by atoms with E-state index in [0.717, 1.165) is 4.47 Å². The predicted molar refractivity (Wildman–Crippen MR) is 94.2 cm³/mol. The van der Waals surface area contributed by atoms with E-state index in [1.807, 2.05) is 0 Å². The molecule has 2 rings (SSSR count). The Morgan fingerprint density at radius 2 is 1.80 bits per heavy atom. The fourth-order valence-corrected chi connectivity index (χ4v) is 3.48. The Balaban J connectivity index is 1.95. The van der Waals surface area contributed by atoms with Gasteiger partial charge in [-0.05, 0) is 36.4 Å². The fourth-order valence-electron chi connectivity index (χ4n) is 1.94. The third kappa shape index (κ3) is 5.53. The molecule has 0 saturated heterocycles. The molecule has 0 heterocycles. The number of aliphatic hydroxyl groups excluding tert-OH is 1. The van der Waals surface area contributed by atoms with E-state index in [2.05, 4.69) is 20.7 Å². The van der Waals surface area contributed by atoms with Crippen LogP contribution in [0.1, 0.15) is 10.4 Å². The topological polar surface area (TPSA) is 113 Å². The SMILES string of the molecule is O=C(O)c1ccccc1S(=O)(=O)NC[C@@H](O)COc1ccc(Br)cc1. The summed E-state index contributed by atoms with van der Waals surface area (Å²) in [5, 5.41) is 18.9. The van der Waals surface area contributed by atoms with Crippen LogP contribution < -0.4 is 9.46 Å². The van der Waals surface area contributed by atoms with Crippen LogP contribution >= 0.6 is 15.9 Å². The third-order valence-corrected chi connectivity index (χ3v) is 5.18. The molecule has 0 aromatic heterocycles. The van der Waals surface area contributed by atoms with Crippen molar-refractivity contribution in [2.24, 2.45) is 0 Å². The number of nitrogens with one attached hydrogen (secondary N) is 1. The van der Waals surface area contributed by atoms with Crippen molar-refractivity contribution in [3.8, 4) is 5.75 Å². The monoisotopic (exact) mass is 429 g/mol. The van der Waals surface area contributed by atoms with Gasteiger partial charge in [-0.2, -0.15) is 0 Å². The molecule has 25 heavy (non-hydrogen) atoms. The first-order chi connectivity index (χ1) is 11.8. The number of benzene rings is 2. The van der Waals surface area contributed by atoms with Gasteiger partial charge in [-0.3, -0.25) is 0 Å². The highest BCUT2D eigenvalue weighted by atomic mass is 79.9. The van der Waals surface area contributed by atoms with Crippen molar-refractivity contribution in [3.05, 3.63) is 58.6 Å². The Labute approximate surface area is 153 Å². The minimum Gasteiger partial charge on any atom is -0.491 e. The second kappa shape index (κ2) is 8.43. The van der Waals surface area contributed by atoms with Gasteiger partial charge in [0.15, 0.2) is 0 Å². The first-order valence-corrected chi connectivity index (χ1v) is 9.45. The molecule has 0 aliphatic heterocycles. The maximum absolute atomic E-state index is 12.2. The number of carboxylic acid groups (broad SMARTS) is 1. The summed E-state index contributed by atoms with van der Waals surface area (Å²) in [5.41, 5.74) is -0.337. The van der Waals surface area contributed by atoms with Crippen LogP contribution in [0.25, 0.3) is 0 Å². The van der Waals surface area contributed by atoms with Crippen LogP contribution in [0.2, 0.25) is 0 Å². The van der Waals surface area contributed by atoms with Crippen molar-refractivity contribution in [3.63, 3.8) is 0 Å². The number of rotatable bonds is 8. The molecule has 0 aliphatic carbocycles. The molecule has 0 aliphatic rings. The maximum atomic E-state index is 12.2. The second-order valence-electron chi connectivity index (χ2n) is 5.07. The quantitative estimate of drug-likeness (QED) is 0.590. The molecule has 0 fully saturated rings. The van der Waals surface area contributed by atoms with Gasteiger partial charge in [-0.15, -0.1) is 0 Å². The summed E-state index contributed by atoms with van der Waals surface area (Å²) in [7, 11) is -4.07. The van der Waals surface area contributed by atoms with E-state index in [9.17, 15) is 18.3 Å². The van der Waals surface area contributed by atoms with Crippen LogP contribution in [0.5, 0.6) is 5.75 Å². The Hall–Kier alpha value is -1.94. The van der Waals surface area contributed by atoms with Gasteiger partial charge in [0.2, 0.25) is 10.0 Å². The van der Waals surface area contributed by atoms with E-state index in [1.54, 1.807) is 24.3 Å². The van der Waals surface area contributed by atoms with Gasteiger partial charge < -0.3 is 14.9 Å². The lowest BCUT2D eigenvalue weighted by atomic mass is 10.2. The van der Waals surface area contributed by atoms with Gasteiger partial charge >= 0.3 is 5.97 Å². The number of aromatic carboxylic acids is 1. The smallest absolute Gasteiger partial charge is 0.337 e. The molecule has 3 N–H and O–H groups in total. The van der Waals surface area contributed by atoms with Gasteiger partial charge in [0, 0.05) is 11.0 Å². The number of sulfonamides is 1. The zero-order valence-electron chi connectivity index (χ0n) is 12.9. The van der Waals surface area contributed by atoms with Gasteiger partial charge in [0.25, 0.3) is 0 Å². The number of halogens is 1. The van der Waals surface area contributed by atoms with Gasteiger partial charge in [0.1, 0.15) is 18.5 Å². The summed E-state index contributed by atoms with van der Waals surface area (Å²) < 4.78 is 32.9. The average molecular weight is 430 g/mol. The van der Waals surface area contributed by atoms with Crippen LogP contribution in [0.4, 0.5) is 0 Å². The highest BCUT2D eigenvalue weighted by Gasteiger charge is 2.22. The van der Waals surface area contributed by atoms with Crippen molar-refractivity contribution in [2.45, 2.75) is 11.0 Å². The molecule has 1 atom stereocenters. The minimum absolute atomic E-state index is 0.120. The second-order valence-corrected chi connectivity index (χ2v) is 7.72. The number of hydrogen-bond donors (Lipinski definition) is 3. The molecule has 0 saturated carbocycles. The van der Waals surface area contributed by atoms with Crippen molar-refractivity contribution in [2.75, 3.05) is 13.2 Å². The molecule has 0 unspecified atom stereocenters. The van der Waals surface area contributed by atoms with Crippen molar-refractivity contribution < 1.29 is 28.2 Å². The molecule has 0 radical (unpaired) electrons. The largest absolute Gasteiger partial charge is 0.491 e. The summed E-state index contributed by atoms with van der Waals surface area (Å²) in [5.74, 6) is -0.818. The molecule has 2 aromatic rings. The highest BCUT2D eigenvalue weighted by Crippen LogP contribution is 2.17. The summed E-state index contributed by atoms with van der Waals surface area (Å²) in [6, 6.07) is 12.2. The molecule has 134 valence electrons. The first-order valence-electron chi connectivity index (χ1n) is 7.18. The predicted octanol–water partition coefficient (Wildman–Crippen LogP) is 1.87. The molecule has 0 bridgehead atoms. The van der Waals surface area contributed by atoms with Crippen LogP contribution in [0, 0.1) is 0 Å². The molecular weight excluding hydrogens is 414 g/mol. The Morgan fingerprint density at radius 3 is 2.44 bits per heavy atom. The zero-order chi connectivity index (χ0) is 18.4. The van der Waals surface area contributed by atoms with E-state index in [-0.39, 0.29) is 23.6 Å². The molecule has 7 nitrogen and oxygen atoms in total. The minimum atomic E-state index is -4.07. The summed E-state index contributed by atoms with van der Waals surface area (Å²) in [4.78, 5) is 10.8. The Bertz CT molecular complexity index is 838. The number of hydrogen-bond acceptors (Lipinski definition) is 5. The summed E-state index contributed by atoms with van der Waals surface area (Å²) >= 11 is 3.29. The zero-order valence-corrected chi connectivity index (χ0v) is 15.3. The average Bonchev–Trinajstić information content (AvgIpc) is 2.59. The summed E-state index contributed by atoms with van der Waals surface area (Å²) in [6.45, 7) is -0.433. The number of ether oxygens (including phenoxy) is 1. The van der Waals surface area contributed by atoms with Crippen molar-refractivity contribution in [1.29, 1.82) is 0 Å². The third-order valence-electron chi connectivity index (χ3n) is 3.17. The van der Waals surface area contributed by atoms with Crippen molar-refractivity contribution in [1.82, 2.24) is 4.72 Å². The van der Waals surface area contributed by atoms with E-state index in [0.29, 0.717) is 5.75 Å². The lowest BCUT2D eigenvalue weighted by molar-refractivity contribution is 0.0692. The van der Waals surface area contributed by atoms with Crippen LogP contribution in [-0.4, -0.2) is 43.9 Å². The van der Waals surface area contributed by atoms with E-state index in [4.69, 9.17) is 9.84 Å². The Morgan fingerprint density at radius 1 is 1.16 bits per heavy atom. The number of aliphatic hydroxyl groups is 1. The van der Waals surface area contributed by atoms with Gasteiger partial charge in [0.05, 0.1) is 10.5 Å². The van der Waals surface area contributed by atoms with E-state index >= 15 is 0 Å². The summed E-state index contributed by atoms with van der Waals surface area (Å²) in [6.07, 6.45) is -1.10. The van der Waals surface area contributed by atoms with Crippen LogP contribution in [0.15, 0.2) is 57.9 Å². The van der Waals surface area contributed by atoms with Crippen LogP contribution in [0.3, 0.4) is 0 Å². The van der Waals surface area contributed by atoms with Gasteiger partial charge in [-0.25, -0.2) is 17.9 Å². The van der Waals surface area contributed by atoms with Crippen LogP contribution in [-0.2, 0) is 10.0 Å². The lowest BCUT2D eigenvalue weighted by Gasteiger charge is -2.14. The number of carboxylic acids is 1. The Kier molecular flexibility index (Phi) is 6.54. The van der Waals surface area contributed by atoms with Gasteiger partial charge in [-0.1, -0.05) is 28.1 Å². The molecule has 0 amide bonds. The molecule has 9 heteroatoms. The number of carbonyl (C=O) groups is 1. The highest BCUT2D eigenvalue weighted by molar-refractivity contribution is 9.10. The molecular formula is C16H16BrNO6S. The fraction of sp³-hybridized carbons (Fsp3) is 0.188. The van der Waals surface area contributed by atoms with E-state index in [1.165, 1.54) is 24.3 Å². The maximum Gasteiger partial charge on any atom is 0.337 e. The molecule has 0 spiro atoms. The van der Waals surface area contributed by atoms with Crippen molar-refractivity contribution >= 4 is 31.9 Å². The standard InChI is InChI=1S/C16H16BrNO6S/c17-11-5-7-13(8-6-11)24-10-12(19)9-18-25(22,23)15-4-2-1-3-14(15)16(20)21/h1-8,12,18-19H,9-10H2,(H,20,21)/t12-/m1/s1. The molecule has 2 aromatic carbocycles. The lowest BCUT2D eigenvalue weighted by Crippen LogP contribution is -2.35. The van der Waals surface area contributed by atoms with E-state index < -0.39 is 22.1 Å².